The van der Waals surface area contributed by atoms with Crippen molar-refractivity contribution in [2.75, 3.05) is 11.1 Å². The van der Waals surface area contributed by atoms with Gasteiger partial charge in [0, 0.05) is 17.2 Å². The molecule has 21 heavy (non-hydrogen) atoms. The molecule has 0 spiro atoms. The number of nitrogens with one attached hydrogen (secondary N) is 1. The third-order valence-corrected chi connectivity index (χ3v) is 4.45. The molecule has 0 aliphatic heterocycles. The lowest BCUT2D eigenvalue weighted by Gasteiger charge is -2.15. The second-order valence-corrected chi connectivity index (χ2v) is 5.98. The van der Waals surface area contributed by atoms with Crippen molar-refractivity contribution in [2.24, 2.45) is 5.92 Å². The summed E-state index contributed by atoms with van der Waals surface area (Å²) in [5, 5.41) is 11.6. The molecule has 0 saturated carbocycles. The smallest absolute Gasteiger partial charge is 0.303 e. The van der Waals surface area contributed by atoms with Crippen LogP contribution in [0.15, 0.2) is 29.2 Å². The van der Waals surface area contributed by atoms with Gasteiger partial charge in [-0.15, -0.1) is 11.8 Å². The Morgan fingerprint density at radius 2 is 1.90 bits per heavy atom. The second-order valence-electron chi connectivity index (χ2n) is 4.84. The summed E-state index contributed by atoms with van der Waals surface area (Å²) < 4.78 is 0. The Hall–Kier alpha value is -1.49. The summed E-state index contributed by atoms with van der Waals surface area (Å²) >= 11 is 1.58. The summed E-state index contributed by atoms with van der Waals surface area (Å²) in [6.45, 7) is 4.03. The minimum absolute atomic E-state index is 0.0371. The van der Waals surface area contributed by atoms with E-state index in [0.717, 1.165) is 29.2 Å². The summed E-state index contributed by atoms with van der Waals surface area (Å²) in [6.07, 6.45) is 2.45. The zero-order valence-corrected chi connectivity index (χ0v) is 13.4. The monoisotopic (exact) mass is 309 g/mol. The van der Waals surface area contributed by atoms with Gasteiger partial charge in [0.25, 0.3) is 0 Å². The fourth-order valence-electron chi connectivity index (χ4n) is 2.00. The van der Waals surface area contributed by atoms with E-state index in [9.17, 15) is 9.59 Å². The molecule has 4 nitrogen and oxygen atoms in total. The number of aliphatic carboxylic acids is 1. The van der Waals surface area contributed by atoms with Crippen molar-refractivity contribution < 1.29 is 14.7 Å². The molecule has 1 amide bonds. The number of carbonyl (C=O) groups excluding carboxylic acids is 1. The molecule has 116 valence electrons. The van der Waals surface area contributed by atoms with Gasteiger partial charge in [0.2, 0.25) is 5.91 Å². The summed E-state index contributed by atoms with van der Waals surface area (Å²) in [6, 6.07) is 7.66. The zero-order valence-electron chi connectivity index (χ0n) is 12.6. The molecule has 2 N–H and O–H groups in total. The van der Waals surface area contributed by atoms with Crippen molar-refractivity contribution in [3.05, 3.63) is 24.3 Å². The number of carbonyl (C=O) groups is 2. The lowest BCUT2D eigenvalue weighted by molar-refractivity contribution is -0.137. The molecule has 0 aliphatic rings. The fourth-order valence-corrected chi connectivity index (χ4v) is 2.95. The summed E-state index contributed by atoms with van der Waals surface area (Å²) in [5.74, 6) is 0.0454. The van der Waals surface area contributed by atoms with Crippen molar-refractivity contribution in [2.45, 2.75) is 44.4 Å². The predicted octanol–water partition coefficient (Wildman–Crippen LogP) is 4.02. The van der Waals surface area contributed by atoms with E-state index in [4.69, 9.17) is 5.11 Å². The number of benzene rings is 1. The number of carboxylic acid groups (broad SMARTS) is 1. The first-order valence-corrected chi connectivity index (χ1v) is 8.31. The molecule has 0 heterocycles. The summed E-state index contributed by atoms with van der Waals surface area (Å²) in [7, 11) is 0. The van der Waals surface area contributed by atoms with Gasteiger partial charge in [-0.25, -0.2) is 0 Å². The molecule has 0 aromatic heterocycles. The van der Waals surface area contributed by atoms with Gasteiger partial charge in [-0.2, -0.15) is 0 Å². The SMILES string of the molecule is CCC(CC)C(=O)Nc1ccccc1SCCCC(=O)O. The van der Waals surface area contributed by atoms with Gasteiger partial charge in [-0.05, 0) is 37.1 Å². The van der Waals surface area contributed by atoms with E-state index in [0.29, 0.717) is 6.42 Å². The van der Waals surface area contributed by atoms with Gasteiger partial charge in [-0.1, -0.05) is 26.0 Å². The minimum Gasteiger partial charge on any atom is -0.481 e. The molecule has 0 radical (unpaired) electrons. The van der Waals surface area contributed by atoms with Crippen molar-refractivity contribution in [3.63, 3.8) is 0 Å². The van der Waals surface area contributed by atoms with Crippen molar-refractivity contribution in [1.29, 1.82) is 0 Å². The highest BCUT2D eigenvalue weighted by atomic mass is 32.2. The zero-order chi connectivity index (χ0) is 15.7. The minimum atomic E-state index is -0.772. The van der Waals surface area contributed by atoms with Gasteiger partial charge >= 0.3 is 5.97 Å². The molecule has 5 heteroatoms. The first kappa shape index (κ1) is 17.6. The Labute approximate surface area is 130 Å². The Balaban J connectivity index is 2.62. The molecule has 0 saturated heterocycles. The van der Waals surface area contributed by atoms with Crippen molar-refractivity contribution in [3.8, 4) is 0 Å². The molecule has 0 fully saturated rings. The maximum atomic E-state index is 12.1. The van der Waals surface area contributed by atoms with Crippen molar-refractivity contribution in [1.82, 2.24) is 0 Å². The van der Waals surface area contributed by atoms with Crippen LogP contribution in [0.25, 0.3) is 0 Å². The standard InChI is InChI=1S/C16H23NO3S/c1-3-12(4-2)16(20)17-13-8-5-6-9-14(13)21-11-7-10-15(18)19/h5-6,8-9,12H,3-4,7,10-11H2,1-2H3,(H,17,20)(H,18,19). The van der Waals surface area contributed by atoms with Crippen LogP contribution in [-0.4, -0.2) is 22.7 Å². The van der Waals surface area contributed by atoms with E-state index in [2.05, 4.69) is 5.32 Å². The highest BCUT2D eigenvalue weighted by Crippen LogP contribution is 2.28. The van der Waals surface area contributed by atoms with Crippen LogP contribution in [0, 0.1) is 5.92 Å². The third-order valence-electron chi connectivity index (χ3n) is 3.29. The van der Waals surface area contributed by atoms with Crippen LogP contribution < -0.4 is 5.32 Å². The number of anilines is 1. The normalized spacial score (nSPS) is 10.6. The summed E-state index contributed by atoms with van der Waals surface area (Å²) in [5.41, 5.74) is 0.815. The van der Waals surface area contributed by atoms with Crippen LogP contribution in [0.3, 0.4) is 0 Å². The van der Waals surface area contributed by atoms with Gasteiger partial charge in [0.15, 0.2) is 0 Å². The average molecular weight is 309 g/mol. The van der Waals surface area contributed by atoms with Gasteiger partial charge < -0.3 is 10.4 Å². The number of thioether (sulfide) groups is 1. The third kappa shape index (κ3) is 6.21. The van der Waals surface area contributed by atoms with E-state index in [-0.39, 0.29) is 18.2 Å². The maximum Gasteiger partial charge on any atom is 0.303 e. The van der Waals surface area contributed by atoms with Crippen LogP contribution in [0.1, 0.15) is 39.5 Å². The van der Waals surface area contributed by atoms with E-state index in [1.807, 2.05) is 38.1 Å². The lowest BCUT2D eigenvalue weighted by atomic mass is 10.0. The Morgan fingerprint density at radius 3 is 2.52 bits per heavy atom. The fraction of sp³-hybridized carbons (Fsp3) is 0.500. The average Bonchev–Trinajstić information content (AvgIpc) is 2.46. The van der Waals surface area contributed by atoms with Gasteiger partial charge in [0.05, 0.1) is 5.69 Å². The first-order valence-electron chi connectivity index (χ1n) is 7.32. The van der Waals surface area contributed by atoms with Crippen LogP contribution in [0.2, 0.25) is 0 Å². The van der Waals surface area contributed by atoms with Crippen LogP contribution in [0.4, 0.5) is 5.69 Å². The number of carboxylic acids is 1. The number of hydrogen-bond acceptors (Lipinski definition) is 3. The van der Waals surface area contributed by atoms with Crippen LogP contribution in [-0.2, 0) is 9.59 Å². The van der Waals surface area contributed by atoms with Crippen LogP contribution in [0.5, 0.6) is 0 Å². The molecule has 0 aliphatic carbocycles. The number of para-hydroxylation sites is 1. The Morgan fingerprint density at radius 1 is 1.24 bits per heavy atom. The topological polar surface area (TPSA) is 66.4 Å². The predicted molar refractivity (Wildman–Crippen MR) is 86.7 cm³/mol. The van der Waals surface area contributed by atoms with E-state index >= 15 is 0 Å². The molecule has 1 aromatic rings. The highest BCUT2D eigenvalue weighted by Gasteiger charge is 2.15. The Kier molecular flexibility index (Phi) is 7.90. The number of rotatable bonds is 9. The number of amides is 1. The van der Waals surface area contributed by atoms with E-state index < -0.39 is 5.97 Å². The largest absolute Gasteiger partial charge is 0.481 e. The molecule has 1 aromatic carbocycles. The van der Waals surface area contributed by atoms with Crippen LogP contribution >= 0.6 is 11.8 Å². The second kappa shape index (κ2) is 9.45. The maximum absolute atomic E-state index is 12.1. The van der Waals surface area contributed by atoms with Gasteiger partial charge in [0.1, 0.15) is 0 Å². The van der Waals surface area contributed by atoms with E-state index in [1.165, 1.54) is 0 Å². The summed E-state index contributed by atoms with van der Waals surface area (Å²) in [4.78, 5) is 23.6. The Bertz CT molecular complexity index is 472. The lowest BCUT2D eigenvalue weighted by Crippen LogP contribution is -2.21. The van der Waals surface area contributed by atoms with Gasteiger partial charge in [-0.3, -0.25) is 9.59 Å². The first-order chi connectivity index (χ1) is 10.1. The quantitative estimate of drug-likeness (QED) is 0.534. The molecular formula is C16H23NO3S. The number of hydrogen-bond donors (Lipinski definition) is 2. The molecule has 0 unspecified atom stereocenters. The molecule has 0 atom stereocenters. The van der Waals surface area contributed by atoms with Crippen molar-refractivity contribution >= 4 is 29.3 Å². The molecule has 0 bridgehead atoms. The molecular weight excluding hydrogens is 286 g/mol. The highest BCUT2D eigenvalue weighted by molar-refractivity contribution is 7.99. The van der Waals surface area contributed by atoms with E-state index in [1.54, 1.807) is 11.8 Å². The molecule has 1 rings (SSSR count).